The third kappa shape index (κ3) is 3.66. The van der Waals surface area contributed by atoms with E-state index >= 15 is 0 Å². The molecule has 1 atom stereocenters. The SMILES string of the molecule is Cc1cc(NC(c2ccc(Cl)cc2)c2c(C(=O)O)nn(C)c2C)cn(C)c1=O. The van der Waals surface area contributed by atoms with Crippen LogP contribution in [0.1, 0.15) is 38.9 Å². The number of nitrogens with one attached hydrogen (secondary N) is 1. The zero-order chi connectivity index (χ0) is 20.6. The molecule has 0 saturated heterocycles. The average Bonchev–Trinajstić information content (AvgIpc) is 2.94. The number of nitrogens with zero attached hydrogens (tertiary/aromatic N) is 3. The zero-order valence-corrected chi connectivity index (χ0v) is 16.8. The maximum atomic E-state index is 12.0. The minimum atomic E-state index is -1.10. The van der Waals surface area contributed by atoms with Crippen molar-refractivity contribution in [2.75, 3.05) is 5.32 Å². The van der Waals surface area contributed by atoms with E-state index in [1.807, 2.05) is 19.1 Å². The number of halogens is 1. The Morgan fingerprint density at radius 1 is 1.21 bits per heavy atom. The van der Waals surface area contributed by atoms with Crippen LogP contribution in [0.4, 0.5) is 5.69 Å². The number of aromatic carboxylic acids is 1. The maximum Gasteiger partial charge on any atom is 0.356 e. The Bertz CT molecular complexity index is 1070. The van der Waals surface area contributed by atoms with Crippen LogP contribution in [-0.2, 0) is 14.1 Å². The van der Waals surface area contributed by atoms with E-state index in [0.717, 1.165) is 11.3 Å². The molecular weight excluding hydrogens is 380 g/mol. The van der Waals surface area contributed by atoms with E-state index in [1.54, 1.807) is 50.1 Å². The first-order valence-electron chi connectivity index (χ1n) is 8.65. The van der Waals surface area contributed by atoms with Crippen LogP contribution in [0.3, 0.4) is 0 Å². The van der Waals surface area contributed by atoms with E-state index in [-0.39, 0.29) is 11.3 Å². The van der Waals surface area contributed by atoms with Gasteiger partial charge in [-0.15, -0.1) is 0 Å². The number of pyridine rings is 1. The molecule has 0 bridgehead atoms. The quantitative estimate of drug-likeness (QED) is 0.686. The summed E-state index contributed by atoms with van der Waals surface area (Å²) in [7, 11) is 3.39. The van der Waals surface area contributed by atoms with Crippen molar-refractivity contribution in [1.29, 1.82) is 0 Å². The van der Waals surface area contributed by atoms with E-state index < -0.39 is 12.0 Å². The summed E-state index contributed by atoms with van der Waals surface area (Å²) in [6.45, 7) is 3.56. The summed E-state index contributed by atoms with van der Waals surface area (Å²) in [5.74, 6) is -1.10. The molecular formula is C20H21ClN4O3. The molecule has 0 radical (unpaired) electrons. The van der Waals surface area contributed by atoms with Crippen LogP contribution in [0.25, 0.3) is 0 Å². The number of aromatic nitrogens is 3. The molecule has 7 nitrogen and oxygen atoms in total. The highest BCUT2D eigenvalue weighted by Crippen LogP contribution is 2.32. The number of hydrogen-bond acceptors (Lipinski definition) is 4. The second-order valence-corrected chi connectivity index (χ2v) is 7.17. The highest BCUT2D eigenvalue weighted by Gasteiger charge is 2.27. The normalized spacial score (nSPS) is 12.0. The lowest BCUT2D eigenvalue weighted by Crippen LogP contribution is -2.21. The molecule has 0 aliphatic rings. The summed E-state index contributed by atoms with van der Waals surface area (Å²) in [6, 6.07) is 8.44. The maximum absolute atomic E-state index is 12.0. The van der Waals surface area contributed by atoms with Gasteiger partial charge in [0.05, 0.1) is 11.7 Å². The number of carbonyl (C=O) groups is 1. The molecule has 0 saturated carbocycles. The molecule has 3 aromatic rings. The number of rotatable bonds is 5. The smallest absolute Gasteiger partial charge is 0.356 e. The third-order valence-corrected chi connectivity index (χ3v) is 5.00. The number of carboxylic acid groups (broad SMARTS) is 1. The second-order valence-electron chi connectivity index (χ2n) is 6.73. The van der Waals surface area contributed by atoms with Crippen molar-refractivity contribution in [3.05, 3.63) is 80.0 Å². The molecule has 146 valence electrons. The molecule has 2 heterocycles. The average molecular weight is 401 g/mol. The van der Waals surface area contributed by atoms with Gasteiger partial charge < -0.3 is 15.0 Å². The molecule has 28 heavy (non-hydrogen) atoms. The van der Waals surface area contributed by atoms with E-state index in [1.165, 1.54) is 4.57 Å². The summed E-state index contributed by atoms with van der Waals surface area (Å²) in [6.07, 6.45) is 1.68. The first kappa shape index (κ1) is 19.7. The number of aryl methyl sites for hydroxylation is 3. The topological polar surface area (TPSA) is 89.2 Å². The van der Waals surface area contributed by atoms with Crippen molar-refractivity contribution < 1.29 is 9.90 Å². The monoisotopic (exact) mass is 400 g/mol. The van der Waals surface area contributed by atoms with E-state index in [2.05, 4.69) is 10.4 Å². The van der Waals surface area contributed by atoms with Crippen molar-refractivity contribution in [3.8, 4) is 0 Å². The third-order valence-electron chi connectivity index (χ3n) is 4.75. The van der Waals surface area contributed by atoms with Gasteiger partial charge in [-0.1, -0.05) is 23.7 Å². The van der Waals surface area contributed by atoms with Crippen LogP contribution < -0.4 is 10.9 Å². The predicted octanol–water partition coefficient (Wildman–Crippen LogP) is 3.29. The van der Waals surface area contributed by atoms with Gasteiger partial charge in [-0.3, -0.25) is 9.48 Å². The number of benzene rings is 1. The lowest BCUT2D eigenvalue weighted by atomic mass is 9.96. The van der Waals surface area contributed by atoms with Gasteiger partial charge in [0.15, 0.2) is 5.69 Å². The second kappa shape index (κ2) is 7.52. The van der Waals surface area contributed by atoms with E-state index in [0.29, 0.717) is 21.8 Å². The lowest BCUT2D eigenvalue weighted by molar-refractivity contribution is 0.0688. The Kier molecular flexibility index (Phi) is 5.29. The summed E-state index contributed by atoms with van der Waals surface area (Å²) < 4.78 is 3.04. The number of carboxylic acids is 1. The largest absolute Gasteiger partial charge is 0.476 e. The van der Waals surface area contributed by atoms with Crippen LogP contribution in [0.5, 0.6) is 0 Å². The van der Waals surface area contributed by atoms with Crippen LogP contribution in [0, 0.1) is 13.8 Å². The van der Waals surface area contributed by atoms with Gasteiger partial charge in [0.25, 0.3) is 5.56 Å². The molecule has 8 heteroatoms. The summed E-state index contributed by atoms with van der Waals surface area (Å²) in [4.78, 5) is 23.8. The zero-order valence-electron chi connectivity index (χ0n) is 16.0. The van der Waals surface area contributed by atoms with Gasteiger partial charge >= 0.3 is 5.97 Å². The molecule has 1 aromatic carbocycles. The fourth-order valence-corrected chi connectivity index (χ4v) is 3.35. The fourth-order valence-electron chi connectivity index (χ4n) is 3.23. The Hall–Kier alpha value is -3.06. The molecule has 0 fully saturated rings. The molecule has 1 unspecified atom stereocenters. The van der Waals surface area contributed by atoms with Crippen molar-refractivity contribution in [3.63, 3.8) is 0 Å². The summed E-state index contributed by atoms with van der Waals surface area (Å²) in [5.41, 5.74) is 3.29. The lowest BCUT2D eigenvalue weighted by Gasteiger charge is -2.22. The minimum absolute atomic E-state index is 0.0195. The van der Waals surface area contributed by atoms with Gasteiger partial charge in [0.2, 0.25) is 0 Å². The van der Waals surface area contributed by atoms with Gasteiger partial charge in [-0.05, 0) is 37.6 Å². The van der Waals surface area contributed by atoms with Gasteiger partial charge in [-0.2, -0.15) is 5.10 Å². The van der Waals surface area contributed by atoms with Crippen molar-refractivity contribution in [1.82, 2.24) is 14.3 Å². The van der Waals surface area contributed by atoms with Gasteiger partial charge in [0, 0.05) is 42.1 Å². The van der Waals surface area contributed by atoms with Crippen LogP contribution in [0.15, 0.2) is 41.3 Å². The van der Waals surface area contributed by atoms with Crippen LogP contribution in [-0.4, -0.2) is 25.4 Å². The van der Waals surface area contributed by atoms with Crippen molar-refractivity contribution in [2.45, 2.75) is 19.9 Å². The first-order valence-corrected chi connectivity index (χ1v) is 9.03. The summed E-state index contributed by atoms with van der Waals surface area (Å²) >= 11 is 6.03. The minimum Gasteiger partial charge on any atom is -0.476 e. The molecule has 2 aromatic heterocycles. The molecule has 2 N–H and O–H groups in total. The highest BCUT2D eigenvalue weighted by molar-refractivity contribution is 6.30. The summed E-state index contributed by atoms with van der Waals surface area (Å²) in [5, 5.41) is 17.8. The Labute approximate surface area is 167 Å². The van der Waals surface area contributed by atoms with E-state index in [4.69, 9.17) is 11.6 Å². The van der Waals surface area contributed by atoms with Gasteiger partial charge in [-0.25, -0.2) is 4.79 Å². The first-order chi connectivity index (χ1) is 13.2. The molecule has 0 aliphatic heterocycles. The van der Waals surface area contributed by atoms with Gasteiger partial charge in [0.1, 0.15) is 0 Å². The highest BCUT2D eigenvalue weighted by atomic mass is 35.5. The molecule has 3 rings (SSSR count). The molecule has 0 aliphatic carbocycles. The fraction of sp³-hybridized carbons (Fsp3) is 0.250. The standard InChI is InChI=1S/C20H21ClN4O3/c1-11-9-15(10-24(3)19(11)26)22-17(13-5-7-14(21)8-6-13)16-12(2)25(4)23-18(16)20(27)28/h5-10,17,22H,1-4H3,(H,27,28). The van der Waals surface area contributed by atoms with Crippen molar-refractivity contribution >= 4 is 23.3 Å². The molecule has 0 amide bonds. The number of anilines is 1. The number of hydrogen-bond donors (Lipinski definition) is 2. The van der Waals surface area contributed by atoms with Crippen LogP contribution >= 0.6 is 11.6 Å². The van der Waals surface area contributed by atoms with E-state index in [9.17, 15) is 14.7 Å². The Morgan fingerprint density at radius 3 is 2.43 bits per heavy atom. The van der Waals surface area contributed by atoms with Crippen LogP contribution in [0.2, 0.25) is 5.02 Å². The Morgan fingerprint density at radius 2 is 1.86 bits per heavy atom. The predicted molar refractivity (Wildman–Crippen MR) is 108 cm³/mol. The molecule has 0 spiro atoms. The van der Waals surface area contributed by atoms with Crippen molar-refractivity contribution in [2.24, 2.45) is 14.1 Å². The Balaban J connectivity index is 2.18.